The predicted molar refractivity (Wildman–Crippen MR) is 134 cm³/mol. The van der Waals surface area contributed by atoms with Crippen LogP contribution in [0, 0.1) is 12.8 Å². The summed E-state index contributed by atoms with van der Waals surface area (Å²) in [6.45, 7) is 1.76. The summed E-state index contributed by atoms with van der Waals surface area (Å²) in [6, 6.07) is 21.8. The van der Waals surface area contributed by atoms with Gasteiger partial charge in [0, 0.05) is 5.56 Å². The first-order chi connectivity index (χ1) is 17.5. The van der Waals surface area contributed by atoms with E-state index < -0.39 is 29.4 Å². The van der Waals surface area contributed by atoms with Gasteiger partial charge in [-0.25, -0.2) is 0 Å². The molecule has 0 spiro atoms. The van der Waals surface area contributed by atoms with E-state index in [1.807, 2.05) is 30.3 Å². The second-order valence-corrected chi connectivity index (χ2v) is 9.31. The number of ketones is 2. The van der Waals surface area contributed by atoms with E-state index in [1.54, 1.807) is 55.5 Å². The van der Waals surface area contributed by atoms with Crippen molar-refractivity contribution in [3.63, 3.8) is 0 Å². The van der Waals surface area contributed by atoms with Gasteiger partial charge in [0.1, 0.15) is 28.2 Å². The number of aryl methyl sites for hydroxylation is 1. The summed E-state index contributed by atoms with van der Waals surface area (Å²) in [6.07, 6.45) is 0. The molecule has 1 amide bonds. The fourth-order valence-corrected chi connectivity index (χ4v) is 4.91. The summed E-state index contributed by atoms with van der Waals surface area (Å²) < 4.78 is 11.1. The molecule has 0 radical (unpaired) electrons. The van der Waals surface area contributed by atoms with Crippen molar-refractivity contribution in [2.24, 2.45) is 5.92 Å². The average molecular weight is 500 g/mol. The third-order valence-corrected chi connectivity index (χ3v) is 6.70. The number of anilines is 1. The lowest BCUT2D eigenvalue weighted by molar-refractivity contribution is -0.135. The second kappa shape index (κ2) is 9.71. The highest BCUT2D eigenvalue weighted by Crippen LogP contribution is 2.43. The number of methoxy groups -OCH3 is 1. The molecule has 1 aromatic heterocycles. The molecule has 2 unspecified atom stereocenters. The molecule has 36 heavy (non-hydrogen) atoms. The van der Waals surface area contributed by atoms with Crippen LogP contribution in [0.2, 0.25) is 0 Å². The van der Waals surface area contributed by atoms with Crippen LogP contribution in [-0.4, -0.2) is 34.8 Å². The first-order valence-electron chi connectivity index (χ1n) is 11.1. The third kappa shape index (κ3) is 4.36. The fraction of sp³-hybridized carbons (Fsp3) is 0.148. The van der Waals surface area contributed by atoms with Crippen molar-refractivity contribution in [2.45, 2.75) is 13.0 Å². The number of amides is 1. The quantitative estimate of drug-likeness (QED) is 0.205. The standard InChI is InChI=1S/C27H21N3O5S/c1-16-28-29-27(36-16)30-23(18-7-6-10-21(15-18)35-20-8-4-3-5-9-20)22(25(32)26(30)33)24(31)17-11-13-19(34-2)14-12-17/h3-15,22-23H,1-2H3. The van der Waals surface area contributed by atoms with Gasteiger partial charge in [-0.1, -0.05) is 41.7 Å². The molecule has 8 nitrogen and oxygen atoms in total. The van der Waals surface area contributed by atoms with Crippen LogP contribution in [-0.2, 0) is 9.59 Å². The van der Waals surface area contributed by atoms with Crippen LogP contribution < -0.4 is 14.4 Å². The van der Waals surface area contributed by atoms with Gasteiger partial charge >= 0.3 is 0 Å². The van der Waals surface area contributed by atoms with Crippen molar-refractivity contribution in [2.75, 3.05) is 12.0 Å². The minimum absolute atomic E-state index is 0.260. The van der Waals surface area contributed by atoms with Crippen molar-refractivity contribution in [3.05, 3.63) is 95.0 Å². The maximum Gasteiger partial charge on any atom is 0.297 e. The van der Waals surface area contributed by atoms with Gasteiger partial charge in [-0.2, -0.15) is 0 Å². The van der Waals surface area contributed by atoms with Gasteiger partial charge in [0.05, 0.1) is 13.2 Å². The molecule has 180 valence electrons. The molecule has 0 saturated carbocycles. The summed E-state index contributed by atoms with van der Waals surface area (Å²) in [4.78, 5) is 41.4. The summed E-state index contributed by atoms with van der Waals surface area (Å²) in [5.74, 6) is -1.58. The zero-order valence-electron chi connectivity index (χ0n) is 19.5. The largest absolute Gasteiger partial charge is 0.497 e. The number of hydrogen-bond acceptors (Lipinski definition) is 8. The second-order valence-electron chi connectivity index (χ2n) is 8.15. The minimum Gasteiger partial charge on any atom is -0.497 e. The van der Waals surface area contributed by atoms with Gasteiger partial charge in [-0.15, -0.1) is 10.2 Å². The van der Waals surface area contributed by atoms with Gasteiger partial charge in [-0.05, 0) is 61.0 Å². The third-order valence-electron chi connectivity index (χ3n) is 5.86. The summed E-state index contributed by atoms with van der Waals surface area (Å²) >= 11 is 1.18. The molecule has 0 aliphatic carbocycles. The Bertz CT molecular complexity index is 1440. The van der Waals surface area contributed by atoms with Crippen LogP contribution in [0.1, 0.15) is 27.0 Å². The SMILES string of the molecule is COc1ccc(C(=O)C2C(=O)C(=O)N(c3nnc(C)s3)C2c2cccc(Oc3ccccc3)c2)cc1. The molecular weight excluding hydrogens is 478 g/mol. The normalized spacial score (nSPS) is 17.3. The Morgan fingerprint density at radius 1 is 0.889 bits per heavy atom. The Balaban J connectivity index is 1.58. The first kappa shape index (κ1) is 23.4. The van der Waals surface area contributed by atoms with E-state index in [2.05, 4.69) is 10.2 Å². The number of ether oxygens (including phenoxy) is 2. The molecule has 1 aliphatic heterocycles. The Morgan fingerprint density at radius 3 is 2.28 bits per heavy atom. The van der Waals surface area contributed by atoms with E-state index in [0.717, 1.165) is 0 Å². The molecule has 1 fully saturated rings. The maximum atomic E-state index is 13.6. The minimum atomic E-state index is -1.26. The smallest absolute Gasteiger partial charge is 0.297 e. The monoisotopic (exact) mass is 499 g/mol. The number of para-hydroxylation sites is 1. The summed E-state index contributed by atoms with van der Waals surface area (Å²) in [5.41, 5.74) is 0.876. The number of hydrogen-bond donors (Lipinski definition) is 0. The Kier molecular flexibility index (Phi) is 6.30. The van der Waals surface area contributed by atoms with Gasteiger partial charge in [-0.3, -0.25) is 19.3 Å². The number of carbonyl (C=O) groups excluding carboxylic acids is 3. The van der Waals surface area contributed by atoms with Crippen molar-refractivity contribution >= 4 is 33.9 Å². The van der Waals surface area contributed by atoms with E-state index in [9.17, 15) is 14.4 Å². The average Bonchev–Trinajstić information content (AvgIpc) is 3.44. The highest BCUT2D eigenvalue weighted by atomic mass is 32.1. The van der Waals surface area contributed by atoms with E-state index >= 15 is 0 Å². The van der Waals surface area contributed by atoms with Crippen molar-refractivity contribution in [1.82, 2.24) is 10.2 Å². The molecule has 1 saturated heterocycles. The summed E-state index contributed by atoms with van der Waals surface area (Å²) in [5, 5.41) is 9.00. The van der Waals surface area contributed by atoms with E-state index in [1.165, 1.54) is 23.3 Å². The highest BCUT2D eigenvalue weighted by Gasteiger charge is 2.53. The molecule has 1 aliphatic rings. The molecule has 0 N–H and O–H groups in total. The number of nitrogens with zero attached hydrogens (tertiary/aromatic N) is 3. The lowest BCUT2D eigenvalue weighted by atomic mass is 9.86. The van der Waals surface area contributed by atoms with Crippen molar-refractivity contribution in [1.29, 1.82) is 0 Å². The Hall–Kier alpha value is -4.37. The van der Waals surface area contributed by atoms with Crippen molar-refractivity contribution in [3.8, 4) is 17.2 Å². The Labute approximate surface area is 211 Å². The number of benzene rings is 3. The number of Topliss-reactive ketones (excluding diaryl/α,β-unsaturated/α-hetero) is 2. The van der Waals surface area contributed by atoms with E-state index in [4.69, 9.17) is 9.47 Å². The van der Waals surface area contributed by atoms with E-state index in [-0.39, 0.29) is 5.13 Å². The van der Waals surface area contributed by atoms with Crippen LogP contribution >= 0.6 is 11.3 Å². The zero-order chi connectivity index (χ0) is 25.2. The van der Waals surface area contributed by atoms with E-state index in [0.29, 0.717) is 33.4 Å². The van der Waals surface area contributed by atoms with Crippen LogP contribution in [0.15, 0.2) is 78.9 Å². The molecule has 9 heteroatoms. The molecule has 5 rings (SSSR count). The van der Waals surface area contributed by atoms with Crippen LogP contribution in [0.5, 0.6) is 17.2 Å². The van der Waals surface area contributed by atoms with Crippen molar-refractivity contribution < 1.29 is 23.9 Å². The molecule has 0 bridgehead atoms. The predicted octanol–water partition coefficient (Wildman–Crippen LogP) is 4.80. The highest BCUT2D eigenvalue weighted by molar-refractivity contribution is 7.15. The lowest BCUT2D eigenvalue weighted by Gasteiger charge is -2.25. The fourth-order valence-electron chi connectivity index (χ4n) is 4.19. The molecular formula is C27H21N3O5S. The summed E-state index contributed by atoms with van der Waals surface area (Å²) in [7, 11) is 1.53. The number of aromatic nitrogens is 2. The Morgan fingerprint density at radius 2 is 1.61 bits per heavy atom. The molecule has 2 heterocycles. The first-order valence-corrected chi connectivity index (χ1v) is 12.0. The molecule has 4 aromatic rings. The van der Waals surface area contributed by atoms with Crippen LogP contribution in [0.25, 0.3) is 0 Å². The topological polar surface area (TPSA) is 98.7 Å². The maximum absolute atomic E-state index is 13.6. The van der Waals surface area contributed by atoms with Gasteiger partial charge in [0.2, 0.25) is 10.9 Å². The molecule has 2 atom stereocenters. The zero-order valence-corrected chi connectivity index (χ0v) is 20.3. The number of carbonyl (C=O) groups is 3. The molecule has 3 aromatic carbocycles. The van der Waals surface area contributed by atoms with Gasteiger partial charge in [0.25, 0.3) is 5.91 Å². The van der Waals surface area contributed by atoms with Crippen LogP contribution in [0.4, 0.5) is 5.13 Å². The van der Waals surface area contributed by atoms with Gasteiger partial charge < -0.3 is 9.47 Å². The van der Waals surface area contributed by atoms with Gasteiger partial charge in [0.15, 0.2) is 5.78 Å². The van der Waals surface area contributed by atoms with Crippen LogP contribution in [0.3, 0.4) is 0 Å². The lowest BCUT2D eigenvalue weighted by Crippen LogP contribution is -2.30. The number of rotatable bonds is 7.